The molecule has 1 rings (SSSR count). The van der Waals surface area contributed by atoms with E-state index >= 15 is 0 Å². The molecular weight excluding hydrogens is 230 g/mol. The second kappa shape index (κ2) is 6.78. The molecule has 1 amide bonds. The van der Waals surface area contributed by atoms with E-state index in [0.717, 1.165) is 29.6 Å². The largest absolute Gasteiger partial charge is 0.370 e. The van der Waals surface area contributed by atoms with Crippen molar-refractivity contribution in [2.45, 2.75) is 27.7 Å². The standard InChI is InChI=1S/C12H21N5O/c1-5-13-11-8(2)12(17-9(3)16-11)15-7-6-14-10(4)18/h5-7H2,1-4H3,(H,14,18)(H2,13,15,16,17). The monoisotopic (exact) mass is 251 g/mol. The van der Waals surface area contributed by atoms with E-state index in [-0.39, 0.29) is 5.91 Å². The van der Waals surface area contributed by atoms with Gasteiger partial charge in [-0.3, -0.25) is 4.79 Å². The van der Waals surface area contributed by atoms with Crippen LogP contribution in [-0.4, -0.2) is 35.5 Å². The third-order valence-electron chi connectivity index (χ3n) is 2.39. The van der Waals surface area contributed by atoms with Gasteiger partial charge in [-0.05, 0) is 20.8 Å². The number of aromatic nitrogens is 2. The van der Waals surface area contributed by atoms with E-state index in [1.165, 1.54) is 6.92 Å². The van der Waals surface area contributed by atoms with E-state index in [2.05, 4.69) is 25.9 Å². The minimum atomic E-state index is -0.0271. The summed E-state index contributed by atoms with van der Waals surface area (Å²) in [5.74, 6) is 2.36. The Labute approximate surface area is 108 Å². The molecule has 18 heavy (non-hydrogen) atoms. The fraction of sp³-hybridized carbons (Fsp3) is 0.583. The van der Waals surface area contributed by atoms with Crippen molar-refractivity contribution in [1.82, 2.24) is 15.3 Å². The van der Waals surface area contributed by atoms with Gasteiger partial charge in [-0.2, -0.15) is 0 Å². The molecule has 0 aliphatic carbocycles. The zero-order chi connectivity index (χ0) is 13.5. The maximum Gasteiger partial charge on any atom is 0.216 e. The summed E-state index contributed by atoms with van der Waals surface area (Å²) in [6, 6.07) is 0. The molecule has 1 heterocycles. The minimum absolute atomic E-state index is 0.0271. The third-order valence-corrected chi connectivity index (χ3v) is 2.39. The van der Waals surface area contributed by atoms with Crippen molar-refractivity contribution >= 4 is 17.5 Å². The number of hydrogen-bond donors (Lipinski definition) is 3. The molecule has 0 atom stereocenters. The lowest BCUT2D eigenvalue weighted by atomic mass is 10.3. The molecule has 0 aliphatic rings. The van der Waals surface area contributed by atoms with Gasteiger partial charge in [0.1, 0.15) is 17.5 Å². The fourth-order valence-corrected chi connectivity index (χ4v) is 1.56. The lowest BCUT2D eigenvalue weighted by Crippen LogP contribution is -2.26. The molecule has 6 nitrogen and oxygen atoms in total. The maximum absolute atomic E-state index is 10.7. The van der Waals surface area contributed by atoms with Gasteiger partial charge in [0.2, 0.25) is 5.91 Å². The molecule has 0 radical (unpaired) electrons. The summed E-state index contributed by atoms with van der Waals surface area (Å²) in [5.41, 5.74) is 0.991. The maximum atomic E-state index is 10.7. The number of nitrogens with zero attached hydrogens (tertiary/aromatic N) is 2. The number of nitrogens with one attached hydrogen (secondary N) is 3. The Balaban J connectivity index is 2.66. The normalized spacial score (nSPS) is 10.0. The van der Waals surface area contributed by atoms with Crippen molar-refractivity contribution in [3.63, 3.8) is 0 Å². The van der Waals surface area contributed by atoms with Crippen LogP contribution in [0.15, 0.2) is 0 Å². The van der Waals surface area contributed by atoms with Crippen LogP contribution in [0.25, 0.3) is 0 Å². The molecule has 0 saturated heterocycles. The highest BCUT2D eigenvalue weighted by atomic mass is 16.1. The number of amides is 1. The van der Waals surface area contributed by atoms with E-state index in [0.29, 0.717) is 13.1 Å². The molecule has 3 N–H and O–H groups in total. The zero-order valence-electron chi connectivity index (χ0n) is 11.4. The van der Waals surface area contributed by atoms with Crippen molar-refractivity contribution in [3.8, 4) is 0 Å². The predicted octanol–water partition coefficient (Wildman–Crippen LogP) is 1.07. The molecule has 0 spiro atoms. The Morgan fingerprint density at radius 1 is 1.11 bits per heavy atom. The summed E-state index contributed by atoms with van der Waals surface area (Å²) in [7, 11) is 0. The van der Waals surface area contributed by atoms with E-state index in [1.54, 1.807) is 0 Å². The number of rotatable bonds is 6. The quantitative estimate of drug-likeness (QED) is 0.659. The smallest absolute Gasteiger partial charge is 0.216 e. The van der Waals surface area contributed by atoms with E-state index < -0.39 is 0 Å². The average molecular weight is 251 g/mol. The van der Waals surface area contributed by atoms with Crippen molar-refractivity contribution in [1.29, 1.82) is 0 Å². The molecular formula is C12H21N5O. The lowest BCUT2D eigenvalue weighted by Gasteiger charge is -2.13. The lowest BCUT2D eigenvalue weighted by molar-refractivity contribution is -0.118. The Morgan fingerprint density at radius 3 is 2.28 bits per heavy atom. The molecule has 100 valence electrons. The van der Waals surface area contributed by atoms with Crippen LogP contribution in [0.2, 0.25) is 0 Å². The highest BCUT2D eigenvalue weighted by Gasteiger charge is 2.07. The molecule has 0 saturated carbocycles. The van der Waals surface area contributed by atoms with Crippen molar-refractivity contribution in [2.24, 2.45) is 0 Å². The first-order valence-corrected chi connectivity index (χ1v) is 6.12. The predicted molar refractivity (Wildman–Crippen MR) is 72.8 cm³/mol. The molecule has 0 aliphatic heterocycles. The summed E-state index contributed by atoms with van der Waals surface area (Å²) >= 11 is 0. The Kier molecular flexibility index (Phi) is 5.35. The van der Waals surface area contributed by atoms with Gasteiger partial charge in [0.25, 0.3) is 0 Å². The number of hydrogen-bond acceptors (Lipinski definition) is 5. The van der Waals surface area contributed by atoms with Gasteiger partial charge < -0.3 is 16.0 Å². The number of carbonyl (C=O) groups is 1. The summed E-state index contributed by atoms with van der Waals surface area (Å²) in [6.45, 7) is 9.40. The average Bonchev–Trinajstić information content (AvgIpc) is 2.30. The van der Waals surface area contributed by atoms with Crippen molar-refractivity contribution in [3.05, 3.63) is 11.4 Å². The van der Waals surface area contributed by atoms with E-state index in [1.807, 2.05) is 20.8 Å². The van der Waals surface area contributed by atoms with Gasteiger partial charge in [0, 0.05) is 32.1 Å². The first-order valence-electron chi connectivity index (χ1n) is 6.12. The molecule has 6 heteroatoms. The molecule has 1 aromatic heterocycles. The fourth-order valence-electron chi connectivity index (χ4n) is 1.56. The first kappa shape index (κ1) is 14.2. The molecule has 0 aromatic carbocycles. The highest BCUT2D eigenvalue weighted by molar-refractivity contribution is 5.72. The summed E-state index contributed by atoms with van der Waals surface area (Å²) in [4.78, 5) is 19.4. The van der Waals surface area contributed by atoms with Crippen LogP contribution in [0.4, 0.5) is 11.6 Å². The Morgan fingerprint density at radius 2 is 1.72 bits per heavy atom. The van der Waals surface area contributed by atoms with Gasteiger partial charge in [0.15, 0.2) is 0 Å². The van der Waals surface area contributed by atoms with Crippen LogP contribution in [0.1, 0.15) is 25.2 Å². The molecule has 0 fully saturated rings. The van der Waals surface area contributed by atoms with Crippen LogP contribution >= 0.6 is 0 Å². The molecule has 1 aromatic rings. The molecule has 0 bridgehead atoms. The van der Waals surface area contributed by atoms with Gasteiger partial charge in [0.05, 0.1) is 0 Å². The second-order valence-corrected chi connectivity index (χ2v) is 4.03. The van der Waals surface area contributed by atoms with Crippen LogP contribution < -0.4 is 16.0 Å². The van der Waals surface area contributed by atoms with Gasteiger partial charge in [-0.15, -0.1) is 0 Å². The number of anilines is 2. The van der Waals surface area contributed by atoms with Crippen LogP contribution in [0, 0.1) is 13.8 Å². The first-order chi connectivity index (χ1) is 8.54. The van der Waals surface area contributed by atoms with Crippen LogP contribution in [0.3, 0.4) is 0 Å². The number of carbonyl (C=O) groups excluding carboxylic acids is 1. The minimum Gasteiger partial charge on any atom is -0.370 e. The van der Waals surface area contributed by atoms with Crippen LogP contribution in [-0.2, 0) is 4.79 Å². The van der Waals surface area contributed by atoms with Crippen molar-refractivity contribution < 1.29 is 4.79 Å². The van der Waals surface area contributed by atoms with Gasteiger partial charge in [-0.25, -0.2) is 9.97 Å². The summed E-state index contributed by atoms with van der Waals surface area (Å²) in [6.07, 6.45) is 0. The third kappa shape index (κ3) is 4.20. The zero-order valence-corrected chi connectivity index (χ0v) is 11.4. The summed E-state index contributed by atoms with van der Waals surface area (Å²) < 4.78 is 0. The topological polar surface area (TPSA) is 78.9 Å². The second-order valence-electron chi connectivity index (χ2n) is 4.03. The Bertz CT molecular complexity index is 419. The number of aryl methyl sites for hydroxylation is 1. The van der Waals surface area contributed by atoms with E-state index in [4.69, 9.17) is 0 Å². The van der Waals surface area contributed by atoms with E-state index in [9.17, 15) is 4.79 Å². The van der Waals surface area contributed by atoms with Crippen molar-refractivity contribution in [2.75, 3.05) is 30.3 Å². The molecule has 0 unspecified atom stereocenters. The summed E-state index contributed by atoms with van der Waals surface area (Å²) in [5, 5.41) is 9.14. The highest BCUT2D eigenvalue weighted by Crippen LogP contribution is 2.19. The Hall–Kier alpha value is -1.85. The van der Waals surface area contributed by atoms with Crippen LogP contribution in [0.5, 0.6) is 0 Å². The van der Waals surface area contributed by atoms with Gasteiger partial charge >= 0.3 is 0 Å². The SMILES string of the molecule is CCNc1nc(C)nc(NCCNC(C)=O)c1C. The van der Waals surface area contributed by atoms with Gasteiger partial charge in [-0.1, -0.05) is 0 Å².